The third-order valence-corrected chi connectivity index (χ3v) is 10.9. The molecule has 1 unspecified atom stereocenters. The molecule has 0 N–H and O–H groups in total. The molecule has 0 spiro atoms. The molecule has 0 bridgehead atoms. The monoisotopic (exact) mass is 863 g/mol. The summed E-state index contributed by atoms with van der Waals surface area (Å²) in [5, 5.41) is 0. The molecule has 0 aromatic rings. The second kappa shape index (κ2) is 52.4. The summed E-state index contributed by atoms with van der Waals surface area (Å²) in [6.07, 6.45) is 68.9. The fourth-order valence-corrected chi connectivity index (χ4v) is 7.13. The topological polar surface area (TPSA) is 61.8 Å². The molecule has 0 rings (SSSR count). The largest absolute Gasteiger partial charge is 0.462 e. The minimum Gasteiger partial charge on any atom is -0.462 e. The first kappa shape index (κ1) is 59.1. The fourth-order valence-electron chi connectivity index (χ4n) is 7.13. The van der Waals surface area contributed by atoms with Crippen LogP contribution in [0.25, 0.3) is 0 Å². The van der Waals surface area contributed by atoms with Gasteiger partial charge in [0.2, 0.25) is 0 Å². The van der Waals surface area contributed by atoms with E-state index in [-0.39, 0.29) is 25.2 Å². The lowest BCUT2D eigenvalue weighted by Crippen LogP contribution is -2.30. The zero-order valence-electron chi connectivity index (χ0n) is 40.9. The molecule has 356 valence electrons. The molecule has 0 amide bonds. The van der Waals surface area contributed by atoms with Gasteiger partial charge in [-0.3, -0.25) is 9.59 Å². The van der Waals surface area contributed by atoms with Crippen molar-refractivity contribution in [1.82, 2.24) is 0 Å². The molecule has 1 atom stereocenters. The molecule has 0 saturated carbocycles. The van der Waals surface area contributed by atoms with Crippen molar-refractivity contribution in [3.8, 4) is 0 Å². The molecular formula is C57H98O5. The van der Waals surface area contributed by atoms with Gasteiger partial charge in [-0.2, -0.15) is 0 Å². The van der Waals surface area contributed by atoms with E-state index in [1.807, 2.05) is 6.08 Å². The molecular weight excluding hydrogens is 765 g/mol. The number of esters is 2. The second-order valence-corrected chi connectivity index (χ2v) is 17.0. The van der Waals surface area contributed by atoms with Gasteiger partial charge in [0.1, 0.15) is 6.61 Å². The molecule has 0 aromatic carbocycles. The summed E-state index contributed by atoms with van der Waals surface area (Å²) < 4.78 is 17.3. The van der Waals surface area contributed by atoms with Crippen molar-refractivity contribution in [2.24, 2.45) is 0 Å². The smallest absolute Gasteiger partial charge is 0.306 e. The van der Waals surface area contributed by atoms with Crippen LogP contribution < -0.4 is 0 Å². The average molecular weight is 863 g/mol. The number of carbonyl (C=O) groups excluding carboxylic acids is 2. The predicted octanol–water partition coefficient (Wildman–Crippen LogP) is 17.7. The van der Waals surface area contributed by atoms with Crippen LogP contribution in [0, 0.1) is 0 Å². The van der Waals surface area contributed by atoms with Crippen molar-refractivity contribution in [3.63, 3.8) is 0 Å². The van der Waals surface area contributed by atoms with Crippen LogP contribution in [0.5, 0.6) is 0 Å². The van der Waals surface area contributed by atoms with Crippen LogP contribution in [0.15, 0.2) is 85.1 Å². The van der Waals surface area contributed by atoms with Crippen molar-refractivity contribution in [1.29, 1.82) is 0 Å². The molecule has 0 aliphatic rings. The Labute approximate surface area is 384 Å². The van der Waals surface area contributed by atoms with Gasteiger partial charge >= 0.3 is 11.9 Å². The standard InChI is InChI=1S/C57H98O5/c1-4-7-10-13-16-19-22-25-27-29-30-33-35-38-41-44-47-50-56(58)61-54-55(62-57(59)51-48-45-42-39-36-32-24-21-18-15-12-9-6-3)53-60-52-49-46-43-40-37-34-31-28-26-23-20-17-14-11-8-5-2/h7,9-10,12,16,18-19,21,25,27,32,36,42,45,55H,4-6,8,11,13-15,17,20,22-24,26,28-31,33-35,37-41,43-44,46-54H2,1-3H3/b10-7-,12-9-,19-16-,21-18-,27-25-,36-32-,45-42-. The minimum atomic E-state index is -0.579. The lowest BCUT2D eigenvalue weighted by atomic mass is 10.0. The van der Waals surface area contributed by atoms with Crippen LogP contribution in [0.3, 0.4) is 0 Å². The molecule has 62 heavy (non-hydrogen) atoms. The number of hydrogen-bond donors (Lipinski definition) is 0. The van der Waals surface area contributed by atoms with E-state index in [1.54, 1.807) is 0 Å². The Balaban J connectivity index is 4.33. The van der Waals surface area contributed by atoms with Crippen LogP contribution in [0.2, 0.25) is 0 Å². The van der Waals surface area contributed by atoms with Gasteiger partial charge in [0.15, 0.2) is 6.10 Å². The maximum atomic E-state index is 12.8. The molecule has 0 aliphatic carbocycles. The zero-order chi connectivity index (χ0) is 44.9. The maximum Gasteiger partial charge on any atom is 0.306 e. The first-order valence-corrected chi connectivity index (χ1v) is 26.1. The van der Waals surface area contributed by atoms with Crippen molar-refractivity contribution < 1.29 is 23.8 Å². The van der Waals surface area contributed by atoms with Gasteiger partial charge < -0.3 is 14.2 Å². The van der Waals surface area contributed by atoms with Crippen LogP contribution in [-0.2, 0) is 23.8 Å². The van der Waals surface area contributed by atoms with Crippen LogP contribution in [-0.4, -0.2) is 37.9 Å². The highest BCUT2D eigenvalue weighted by molar-refractivity contribution is 5.70. The Morgan fingerprint density at radius 1 is 0.371 bits per heavy atom. The van der Waals surface area contributed by atoms with E-state index in [4.69, 9.17) is 14.2 Å². The lowest BCUT2D eigenvalue weighted by Gasteiger charge is -2.18. The Hall–Kier alpha value is -2.92. The highest BCUT2D eigenvalue weighted by Crippen LogP contribution is 2.15. The van der Waals surface area contributed by atoms with E-state index in [1.165, 1.54) is 116 Å². The zero-order valence-corrected chi connectivity index (χ0v) is 40.9. The van der Waals surface area contributed by atoms with E-state index in [2.05, 4.69) is 99.8 Å². The lowest BCUT2D eigenvalue weighted by molar-refractivity contribution is -0.162. The third kappa shape index (κ3) is 49.7. The average Bonchev–Trinajstić information content (AvgIpc) is 3.27. The number of allylic oxidation sites excluding steroid dienone is 14. The van der Waals surface area contributed by atoms with Crippen molar-refractivity contribution in [2.45, 2.75) is 245 Å². The van der Waals surface area contributed by atoms with Crippen molar-refractivity contribution in [3.05, 3.63) is 85.1 Å². The van der Waals surface area contributed by atoms with Gasteiger partial charge in [-0.25, -0.2) is 0 Å². The number of rotatable bonds is 47. The third-order valence-electron chi connectivity index (χ3n) is 10.9. The Kier molecular flexibility index (Phi) is 50.0. The fraction of sp³-hybridized carbons (Fsp3) is 0.719. The summed E-state index contributed by atoms with van der Waals surface area (Å²) in [6, 6.07) is 0. The van der Waals surface area contributed by atoms with Gasteiger partial charge in [-0.1, -0.05) is 234 Å². The molecule has 0 aliphatic heterocycles. The van der Waals surface area contributed by atoms with Crippen LogP contribution in [0.4, 0.5) is 0 Å². The summed E-state index contributed by atoms with van der Waals surface area (Å²) in [7, 11) is 0. The van der Waals surface area contributed by atoms with Gasteiger partial charge in [0.25, 0.3) is 0 Å². The summed E-state index contributed by atoms with van der Waals surface area (Å²) in [5.74, 6) is -0.499. The maximum absolute atomic E-state index is 12.8. The molecule has 5 heteroatoms. The molecule has 5 nitrogen and oxygen atoms in total. The van der Waals surface area contributed by atoms with Crippen LogP contribution in [0.1, 0.15) is 239 Å². The first-order chi connectivity index (χ1) is 30.6. The minimum absolute atomic E-state index is 0.0501. The Morgan fingerprint density at radius 2 is 0.758 bits per heavy atom. The molecule has 0 radical (unpaired) electrons. The highest BCUT2D eigenvalue weighted by Gasteiger charge is 2.17. The van der Waals surface area contributed by atoms with Gasteiger partial charge in [0, 0.05) is 19.4 Å². The summed E-state index contributed by atoms with van der Waals surface area (Å²) >= 11 is 0. The molecule has 0 aromatic heterocycles. The number of hydrogen-bond acceptors (Lipinski definition) is 5. The van der Waals surface area contributed by atoms with E-state index < -0.39 is 6.10 Å². The number of ether oxygens (including phenoxy) is 3. The van der Waals surface area contributed by atoms with Gasteiger partial charge in [0.05, 0.1) is 6.61 Å². The Morgan fingerprint density at radius 3 is 1.23 bits per heavy atom. The highest BCUT2D eigenvalue weighted by atomic mass is 16.6. The van der Waals surface area contributed by atoms with Crippen molar-refractivity contribution >= 4 is 11.9 Å². The summed E-state index contributed by atoms with van der Waals surface area (Å²) in [4.78, 5) is 25.4. The first-order valence-electron chi connectivity index (χ1n) is 26.1. The van der Waals surface area contributed by atoms with Gasteiger partial charge in [-0.15, -0.1) is 0 Å². The number of unbranched alkanes of at least 4 members (excludes halogenated alkanes) is 22. The SMILES string of the molecule is CC/C=C\C/C=C\C/C=C\C/C=C\CCC(=O)OC(COCCCCCCCCCCCCCCCCCC)COC(=O)CCCCCCCCC/C=C\C/C=C\C/C=C\CC. The summed E-state index contributed by atoms with van der Waals surface area (Å²) in [6.45, 7) is 7.53. The van der Waals surface area contributed by atoms with E-state index in [9.17, 15) is 9.59 Å². The van der Waals surface area contributed by atoms with E-state index in [0.717, 1.165) is 83.5 Å². The predicted molar refractivity (Wildman–Crippen MR) is 270 cm³/mol. The Bertz CT molecular complexity index is 1160. The second-order valence-electron chi connectivity index (χ2n) is 17.0. The number of carbonyl (C=O) groups is 2. The van der Waals surface area contributed by atoms with E-state index in [0.29, 0.717) is 25.9 Å². The van der Waals surface area contributed by atoms with Gasteiger partial charge in [-0.05, 0) is 77.0 Å². The summed E-state index contributed by atoms with van der Waals surface area (Å²) in [5.41, 5.74) is 0. The van der Waals surface area contributed by atoms with E-state index >= 15 is 0 Å². The molecule has 0 fully saturated rings. The molecule has 0 heterocycles. The van der Waals surface area contributed by atoms with Crippen LogP contribution >= 0.6 is 0 Å². The molecule has 0 saturated heterocycles. The van der Waals surface area contributed by atoms with Crippen molar-refractivity contribution in [2.75, 3.05) is 19.8 Å². The quantitative estimate of drug-likeness (QED) is 0.0346. The normalized spacial score (nSPS) is 12.9.